The summed E-state index contributed by atoms with van der Waals surface area (Å²) in [6.07, 6.45) is 3.07. The summed E-state index contributed by atoms with van der Waals surface area (Å²) in [6.45, 7) is 2.81. The summed E-state index contributed by atoms with van der Waals surface area (Å²) >= 11 is 0. The van der Waals surface area contributed by atoms with E-state index in [0.717, 1.165) is 6.54 Å². The fourth-order valence-corrected chi connectivity index (χ4v) is 0.336. The lowest BCUT2D eigenvalue weighted by Gasteiger charge is -1.91. The van der Waals surface area contributed by atoms with Gasteiger partial charge in [-0.25, -0.2) is 0 Å². The summed E-state index contributed by atoms with van der Waals surface area (Å²) in [5.74, 6) is -0.0871. The highest BCUT2D eigenvalue weighted by molar-refractivity contribution is 5.86. The van der Waals surface area contributed by atoms with E-state index in [1.54, 1.807) is 13.2 Å². The van der Waals surface area contributed by atoms with Gasteiger partial charge in [-0.15, -0.1) is 0 Å². The van der Waals surface area contributed by atoms with E-state index < -0.39 is 0 Å². The van der Waals surface area contributed by atoms with Crippen LogP contribution in [0, 0.1) is 0 Å². The Balaban J connectivity index is 3.32. The molecule has 9 heavy (non-hydrogen) atoms. The second-order valence-electron chi connectivity index (χ2n) is 1.51. The maximum Gasteiger partial charge on any atom is 0.245 e. The Bertz CT molecular complexity index is 110. The van der Waals surface area contributed by atoms with E-state index in [0.29, 0.717) is 0 Å². The van der Waals surface area contributed by atoms with Gasteiger partial charge in [-0.3, -0.25) is 4.79 Å². The topological polar surface area (TPSA) is 41.1 Å². The molecule has 0 rings (SSSR count). The Morgan fingerprint density at radius 1 is 1.67 bits per heavy atom. The zero-order valence-electron chi connectivity index (χ0n) is 5.77. The zero-order valence-corrected chi connectivity index (χ0v) is 5.77. The largest absolute Gasteiger partial charge is 0.391 e. The summed E-state index contributed by atoms with van der Waals surface area (Å²) in [4.78, 5) is 10.4. The summed E-state index contributed by atoms with van der Waals surface area (Å²) in [6, 6.07) is 0. The lowest BCUT2D eigenvalue weighted by atomic mass is 10.5. The maximum absolute atomic E-state index is 10.4. The molecule has 0 unspecified atom stereocenters. The Labute approximate surface area is 55.1 Å². The molecule has 0 saturated heterocycles. The molecule has 0 aromatic rings. The molecular weight excluding hydrogens is 116 g/mol. The second kappa shape index (κ2) is 5.15. The molecule has 0 heterocycles. The van der Waals surface area contributed by atoms with E-state index in [-0.39, 0.29) is 5.91 Å². The molecule has 0 atom stereocenters. The first kappa shape index (κ1) is 8.01. The summed E-state index contributed by atoms with van der Waals surface area (Å²) in [7, 11) is 1.60. The van der Waals surface area contributed by atoms with Crippen molar-refractivity contribution in [3.05, 3.63) is 12.3 Å². The number of nitrogens with one attached hydrogen (secondary N) is 2. The third-order valence-corrected chi connectivity index (χ3v) is 0.803. The molecule has 0 aliphatic carbocycles. The van der Waals surface area contributed by atoms with Crippen molar-refractivity contribution in [2.24, 2.45) is 0 Å². The van der Waals surface area contributed by atoms with E-state index in [9.17, 15) is 4.79 Å². The molecule has 2 N–H and O–H groups in total. The van der Waals surface area contributed by atoms with Crippen molar-refractivity contribution in [3.63, 3.8) is 0 Å². The predicted molar refractivity (Wildman–Crippen MR) is 36.9 cm³/mol. The molecule has 0 saturated carbocycles. The van der Waals surface area contributed by atoms with Crippen LogP contribution < -0.4 is 10.6 Å². The van der Waals surface area contributed by atoms with Crippen molar-refractivity contribution in [1.29, 1.82) is 0 Å². The molecule has 0 aliphatic heterocycles. The van der Waals surface area contributed by atoms with Crippen molar-refractivity contribution >= 4 is 5.91 Å². The quantitative estimate of drug-likeness (QED) is 0.519. The van der Waals surface area contributed by atoms with Gasteiger partial charge in [-0.1, -0.05) is 0 Å². The zero-order chi connectivity index (χ0) is 7.11. The molecule has 3 nitrogen and oxygen atoms in total. The summed E-state index contributed by atoms with van der Waals surface area (Å²) in [5, 5.41) is 5.33. The van der Waals surface area contributed by atoms with Gasteiger partial charge < -0.3 is 10.6 Å². The van der Waals surface area contributed by atoms with Crippen molar-refractivity contribution in [1.82, 2.24) is 10.6 Å². The monoisotopic (exact) mass is 128 g/mol. The average molecular weight is 128 g/mol. The fourth-order valence-electron chi connectivity index (χ4n) is 0.336. The van der Waals surface area contributed by atoms with Gasteiger partial charge in [0.25, 0.3) is 0 Å². The van der Waals surface area contributed by atoms with Crippen LogP contribution in [0.1, 0.15) is 6.92 Å². The molecule has 0 spiro atoms. The van der Waals surface area contributed by atoms with Gasteiger partial charge in [-0.05, 0) is 6.92 Å². The van der Waals surface area contributed by atoms with Crippen LogP contribution in [0.2, 0.25) is 0 Å². The molecule has 0 radical (unpaired) electrons. The van der Waals surface area contributed by atoms with Crippen molar-refractivity contribution in [2.45, 2.75) is 6.92 Å². The van der Waals surface area contributed by atoms with Gasteiger partial charge in [0.1, 0.15) is 0 Å². The van der Waals surface area contributed by atoms with Crippen LogP contribution in [0.15, 0.2) is 12.3 Å². The van der Waals surface area contributed by atoms with Crippen molar-refractivity contribution in [3.8, 4) is 0 Å². The van der Waals surface area contributed by atoms with Gasteiger partial charge in [0, 0.05) is 25.9 Å². The number of carbonyl (C=O) groups excluding carboxylic acids is 1. The van der Waals surface area contributed by atoms with Crippen LogP contribution in [0.5, 0.6) is 0 Å². The number of likely N-dealkylation sites (N-methyl/N-ethyl adjacent to an activating group) is 1. The van der Waals surface area contributed by atoms with Gasteiger partial charge >= 0.3 is 0 Å². The number of amides is 1. The highest BCUT2D eigenvalue weighted by Crippen LogP contribution is 1.66. The normalized spacial score (nSPS) is 9.56. The Hall–Kier alpha value is -0.990. The minimum atomic E-state index is -0.0871. The molecule has 0 fully saturated rings. The van der Waals surface area contributed by atoms with E-state index in [1.165, 1.54) is 6.08 Å². The SMILES string of the molecule is CCN/C=C\C(=O)NC. The predicted octanol–water partition coefficient (Wildman–Crippen LogP) is -0.144. The van der Waals surface area contributed by atoms with E-state index in [4.69, 9.17) is 0 Å². The van der Waals surface area contributed by atoms with E-state index >= 15 is 0 Å². The van der Waals surface area contributed by atoms with Crippen LogP contribution in [0.25, 0.3) is 0 Å². The molecule has 1 amide bonds. The molecule has 0 aliphatic rings. The molecule has 0 aromatic carbocycles. The lowest BCUT2D eigenvalue weighted by molar-refractivity contribution is -0.116. The third-order valence-electron chi connectivity index (χ3n) is 0.803. The molecule has 0 aromatic heterocycles. The Morgan fingerprint density at radius 2 is 2.33 bits per heavy atom. The summed E-state index contributed by atoms with van der Waals surface area (Å²) < 4.78 is 0. The van der Waals surface area contributed by atoms with Crippen molar-refractivity contribution in [2.75, 3.05) is 13.6 Å². The number of hydrogen-bond acceptors (Lipinski definition) is 2. The van der Waals surface area contributed by atoms with E-state index in [2.05, 4.69) is 10.6 Å². The van der Waals surface area contributed by atoms with Gasteiger partial charge in [0.2, 0.25) is 5.91 Å². The minimum absolute atomic E-state index is 0.0871. The third kappa shape index (κ3) is 4.87. The van der Waals surface area contributed by atoms with Crippen LogP contribution in [0.3, 0.4) is 0 Å². The van der Waals surface area contributed by atoms with Crippen LogP contribution in [0.4, 0.5) is 0 Å². The van der Waals surface area contributed by atoms with E-state index in [1.807, 2.05) is 6.92 Å². The Morgan fingerprint density at radius 3 is 2.78 bits per heavy atom. The molecule has 52 valence electrons. The van der Waals surface area contributed by atoms with Gasteiger partial charge in [0.05, 0.1) is 0 Å². The van der Waals surface area contributed by atoms with Gasteiger partial charge in [-0.2, -0.15) is 0 Å². The maximum atomic E-state index is 10.4. The lowest BCUT2D eigenvalue weighted by Crippen LogP contribution is -2.15. The molecule has 0 bridgehead atoms. The first-order chi connectivity index (χ1) is 4.31. The number of hydrogen-bond donors (Lipinski definition) is 2. The standard InChI is InChI=1S/C6H12N2O/c1-3-8-5-4-6(9)7-2/h4-5,8H,3H2,1-2H3,(H,7,9)/b5-4-. The molecular formula is C6H12N2O. The van der Waals surface area contributed by atoms with Crippen LogP contribution in [-0.2, 0) is 4.79 Å². The summed E-state index contributed by atoms with van der Waals surface area (Å²) in [5.41, 5.74) is 0. The first-order valence-electron chi connectivity index (χ1n) is 2.93. The minimum Gasteiger partial charge on any atom is -0.391 e. The molecule has 3 heteroatoms. The van der Waals surface area contributed by atoms with Gasteiger partial charge in [0.15, 0.2) is 0 Å². The average Bonchev–Trinajstić information content (AvgIpc) is 1.89. The second-order valence-corrected chi connectivity index (χ2v) is 1.51. The van der Waals surface area contributed by atoms with Crippen LogP contribution >= 0.6 is 0 Å². The highest BCUT2D eigenvalue weighted by Gasteiger charge is 1.83. The fraction of sp³-hybridized carbons (Fsp3) is 0.500. The first-order valence-corrected chi connectivity index (χ1v) is 2.93. The number of carbonyl (C=O) groups is 1. The van der Waals surface area contributed by atoms with Crippen LogP contribution in [-0.4, -0.2) is 19.5 Å². The highest BCUT2D eigenvalue weighted by atomic mass is 16.1. The smallest absolute Gasteiger partial charge is 0.245 e. The number of rotatable bonds is 3. The van der Waals surface area contributed by atoms with Crippen molar-refractivity contribution < 1.29 is 4.79 Å². The Kier molecular flexibility index (Phi) is 4.59.